The number of aromatic amines is 1. The number of nitrogens with one attached hydrogen (secondary N) is 1. The molecule has 1 aromatic heterocycles. The van der Waals surface area contributed by atoms with E-state index in [4.69, 9.17) is 0 Å². The summed E-state index contributed by atoms with van der Waals surface area (Å²) < 4.78 is 0. The normalized spacial score (nSPS) is 9.80. The molecule has 10 heavy (non-hydrogen) atoms. The first-order valence-corrected chi connectivity index (χ1v) is 3.47. The van der Waals surface area contributed by atoms with Crippen molar-refractivity contribution in [3.63, 3.8) is 0 Å². The van der Waals surface area contributed by atoms with E-state index in [1.165, 1.54) is 0 Å². The highest BCUT2D eigenvalue weighted by Crippen LogP contribution is 2.04. The first kappa shape index (κ1) is 7.12. The van der Waals surface area contributed by atoms with Gasteiger partial charge < -0.3 is 9.88 Å². The van der Waals surface area contributed by atoms with Crippen LogP contribution in [-0.4, -0.2) is 23.6 Å². The van der Waals surface area contributed by atoms with E-state index < -0.39 is 0 Å². The van der Waals surface area contributed by atoms with E-state index in [2.05, 4.69) is 28.1 Å². The summed E-state index contributed by atoms with van der Waals surface area (Å²) in [5, 5.41) is 0. The Morgan fingerprint density at radius 3 is 3.10 bits per heavy atom. The number of nitrogens with zero attached hydrogens (tertiary/aromatic N) is 2. The van der Waals surface area contributed by atoms with Gasteiger partial charge in [-0.05, 0) is 6.42 Å². The van der Waals surface area contributed by atoms with Crippen LogP contribution in [0.15, 0.2) is 6.20 Å². The number of hydrogen-bond donors (Lipinski definition) is 1. The first-order chi connectivity index (χ1) is 4.84. The Kier molecular flexibility index (Phi) is 2.31. The van der Waals surface area contributed by atoms with Gasteiger partial charge >= 0.3 is 0 Å². The van der Waals surface area contributed by atoms with Gasteiger partial charge in [0.25, 0.3) is 0 Å². The molecule has 1 heterocycles. The Bertz CT molecular complexity index is 169. The van der Waals surface area contributed by atoms with Gasteiger partial charge in [-0.25, -0.2) is 4.98 Å². The fourth-order valence-corrected chi connectivity index (χ4v) is 0.864. The number of imidazole rings is 1. The summed E-state index contributed by atoms with van der Waals surface area (Å²) in [5.41, 5.74) is 0. The van der Waals surface area contributed by atoms with Crippen LogP contribution in [0.4, 0.5) is 5.82 Å². The Labute approximate surface area is 61.1 Å². The molecule has 1 N–H and O–H groups in total. The molecule has 0 amide bonds. The van der Waals surface area contributed by atoms with Gasteiger partial charge in [-0.2, -0.15) is 0 Å². The molecule has 3 nitrogen and oxygen atoms in total. The maximum atomic E-state index is 3.98. The predicted molar refractivity (Wildman–Crippen MR) is 41.0 cm³/mol. The SMILES string of the molecule is CCCN(C)c1c[nH][c]n1. The van der Waals surface area contributed by atoms with Gasteiger partial charge in [0.1, 0.15) is 5.82 Å². The zero-order valence-corrected chi connectivity index (χ0v) is 6.39. The van der Waals surface area contributed by atoms with Crippen molar-refractivity contribution in [3.8, 4) is 0 Å². The Morgan fingerprint density at radius 1 is 1.80 bits per heavy atom. The lowest BCUT2D eigenvalue weighted by molar-refractivity contribution is 0.841. The maximum absolute atomic E-state index is 3.98. The second-order valence-corrected chi connectivity index (χ2v) is 2.29. The van der Waals surface area contributed by atoms with Gasteiger partial charge in [0.15, 0.2) is 6.33 Å². The highest BCUT2D eigenvalue weighted by molar-refractivity contribution is 5.33. The van der Waals surface area contributed by atoms with Crippen molar-refractivity contribution in [3.05, 3.63) is 12.5 Å². The molecule has 1 radical (unpaired) electrons. The van der Waals surface area contributed by atoms with E-state index in [9.17, 15) is 0 Å². The Morgan fingerprint density at radius 2 is 2.60 bits per heavy atom. The van der Waals surface area contributed by atoms with Crippen LogP contribution in [0.1, 0.15) is 13.3 Å². The van der Waals surface area contributed by atoms with Crippen LogP contribution in [0, 0.1) is 6.33 Å². The van der Waals surface area contributed by atoms with Crippen LogP contribution in [0.2, 0.25) is 0 Å². The fraction of sp³-hybridized carbons (Fsp3) is 0.571. The van der Waals surface area contributed by atoms with Crippen molar-refractivity contribution >= 4 is 5.82 Å². The smallest absolute Gasteiger partial charge is 0.175 e. The lowest BCUT2D eigenvalue weighted by Crippen LogP contribution is -2.17. The lowest BCUT2D eigenvalue weighted by Gasteiger charge is -2.13. The number of aromatic nitrogens is 2. The van der Waals surface area contributed by atoms with E-state index in [1.807, 2.05) is 13.2 Å². The summed E-state index contributed by atoms with van der Waals surface area (Å²) in [7, 11) is 2.02. The Hall–Kier alpha value is -0.990. The second kappa shape index (κ2) is 3.25. The monoisotopic (exact) mass is 138 g/mol. The molecule has 0 fully saturated rings. The molecule has 0 saturated heterocycles. The summed E-state index contributed by atoms with van der Waals surface area (Å²) in [6.07, 6.45) is 5.64. The minimum atomic E-state index is 0.960. The number of rotatable bonds is 3. The molecule has 0 bridgehead atoms. The molecule has 0 aliphatic rings. The average molecular weight is 138 g/mol. The molecular formula is C7H12N3. The third-order valence-corrected chi connectivity index (χ3v) is 1.39. The molecule has 0 aliphatic heterocycles. The fourth-order valence-electron chi connectivity index (χ4n) is 0.864. The molecular weight excluding hydrogens is 126 g/mol. The summed E-state index contributed by atoms with van der Waals surface area (Å²) in [4.78, 5) is 8.86. The number of hydrogen-bond acceptors (Lipinski definition) is 2. The van der Waals surface area contributed by atoms with Crippen molar-refractivity contribution in [2.24, 2.45) is 0 Å². The Balaban J connectivity index is 2.50. The van der Waals surface area contributed by atoms with Gasteiger partial charge in [0.2, 0.25) is 0 Å². The summed E-state index contributed by atoms with van der Waals surface area (Å²) in [5.74, 6) is 0.960. The first-order valence-electron chi connectivity index (χ1n) is 3.47. The molecule has 0 spiro atoms. The highest BCUT2D eigenvalue weighted by Gasteiger charge is 1.98. The molecule has 1 aromatic rings. The second-order valence-electron chi connectivity index (χ2n) is 2.29. The quantitative estimate of drug-likeness (QED) is 0.677. The largest absolute Gasteiger partial charge is 0.358 e. The van der Waals surface area contributed by atoms with Gasteiger partial charge in [-0.15, -0.1) is 0 Å². The van der Waals surface area contributed by atoms with Gasteiger partial charge in [-0.1, -0.05) is 6.92 Å². The van der Waals surface area contributed by atoms with Crippen LogP contribution in [0.3, 0.4) is 0 Å². The van der Waals surface area contributed by atoms with Crippen molar-refractivity contribution in [2.75, 3.05) is 18.5 Å². The van der Waals surface area contributed by atoms with Crippen LogP contribution in [0.5, 0.6) is 0 Å². The predicted octanol–water partition coefficient (Wildman–Crippen LogP) is 1.06. The van der Waals surface area contributed by atoms with Crippen LogP contribution in [-0.2, 0) is 0 Å². The minimum Gasteiger partial charge on any atom is -0.358 e. The van der Waals surface area contributed by atoms with Gasteiger partial charge in [0.05, 0.1) is 0 Å². The zero-order valence-electron chi connectivity index (χ0n) is 6.39. The summed E-state index contributed by atoms with van der Waals surface area (Å²) >= 11 is 0. The maximum Gasteiger partial charge on any atom is 0.175 e. The third-order valence-electron chi connectivity index (χ3n) is 1.39. The summed E-state index contributed by atoms with van der Waals surface area (Å²) in [6, 6.07) is 0. The molecule has 0 aliphatic carbocycles. The van der Waals surface area contributed by atoms with E-state index in [0.717, 1.165) is 18.8 Å². The lowest BCUT2D eigenvalue weighted by atomic mass is 10.4. The average Bonchev–Trinajstić information content (AvgIpc) is 2.38. The van der Waals surface area contributed by atoms with E-state index in [-0.39, 0.29) is 0 Å². The van der Waals surface area contributed by atoms with Gasteiger partial charge in [-0.3, -0.25) is 0 Å². The molecule has 3 heteroatoms. The van der Waals surface area contributed by atoms with Gasteiger partial charge in [0, 0.05) is 19.8 Å². The van der Waals surface area contributed by atoms with Crippen molar-refractivity contribution in [1.29, 1.82) is 0 Å². The van der Waals surface area contributed by atoms with Crippen molar-refractivity contribution in [1.82, 2.24) is 9.97 Å². The molecule has 0 aromatic carbocycles. The topological polar surface area (TPSA) is 31.9 Å². The number of anilines is 1. The molecule has 0 saturated carbocycles. The van der Waals surface area contributed by atoms with E-state index in [1.54, 1.807) is 0 Å². The van der Waals surface area contributed by atoms with Crippen LogP contribution < -0.4 is 4.90 Å². The molecule has 55 valence electrons. The van der Waals surface area contributed by atoms with Crippen LogP contribution in [0.25, 0.3) is 0 Å². The summed E-state index contributed by atoms with van der Waals surface area (Å²) in [6.45, 7) is 3.19. The molecule has 1 rings (SSSR count). The van der Waals surface area contributed by atoms with E-state index >= 15 is 0 Å². The van der Waals surface area contributed by atoms with Crippen molar-refractivity contribution in [2.45, 2.75) is 13.3 Å². The number of H-pyrrole nitrogens is 1. The molecule has 0 unspecified atom stereocenters. The zero-order chi connectivity index (χ0) is 7.40. The standard InChI is InChI=1S/C7H12N3/c1-3-4-10(2)7-5-8-6-9-7/h5H,3-4H2,1-2H3,(H,8,9). The van der Waals surface area contributed by atoms with E-state index in [0.29, 0.717) is 0 Å². The molecule has 0 atom stereocenters. The van der Waals surface area contributed by atoms with Crippen LogP contribution >= 0.6 is 0 Å². The van der Waals surface area contributed by atoms with Crippen molar-refractivity contribution < 1.29 is 0 Å². The minimum absolute atomic E-state index is 0.960. The third kappa shape index (κ3) is 1.50. The highest BCUT2D eigenvalue weighted by atomic mass is 15.2.